The molecule has 0 atom stereocenters. The van der Waals surface area contributed by atoms with E-state index in [2.05, 4.69) is 50.2 Å². The highest BCUT2D eigenvalue weighted by atomic mass is 127. The normalized spacial score (nSPS) is 16.6. The summed E-state index contributed by atoms with van der Waals surface area (Å²) in [7, 11) is 0. The highest BCUT2D eigenvalue weighted by molar-refractivity contribution is 14.0. The zero-order chi connectivity index (χ0) is 17.8. The van der Waals surface area contributed by atoms with Gasteiger partial charge in [0.2, 0.25) is 0 Å². The molecule has 1 fully saturated rings. The fourth-order valence-corrected chi connectivity index (χ4v) is 2.55. The number of aliphatic imine (C=N–C) groups is 1. The minimum absolute atomic E-state index is 0. The van der Waals surface area contributed by atoms with Crippen molar-refractivity contribution in [3.05, 3.63) is 0 Å². The molecule has 1 heterocycles. The summed E-state index contributed by atoms with van der Waals surface area (Å²) < 4.78 is 11.1. The molecule has 150 valence electrons. The zero-order valence-corrected chi connectivity index (χ0v) is 19.1. The molecule has 25 heavy (non-hydrogen) atoms. The van der Waals surface area contributed by atoms with Crippen molar-refractivity contribution in [2.24, 2.45) is 10.9 Å². The van der Waals surface area contributed by atoms with Crippen molar-refractivity contribution in [2.45, 2.75) is 46.6 Å². The summed E-state index contributed by atoms with van der Waals surface area (Å²) in [5.41, 5.74) is 0.0416. The van der Waals surface area contributed by atoms with Gasteiger partial charge >= 0.3 is 0 Å². The number of guanidine groups is 1. The summed E-state index contributed by atoms with van der Waals surface area (Å²) in [4.78, 5) is 7.22. The molecule has 7 heteroatoms. The topological polar surface area (TPSA) is 58.1 Å². The number of ether oxygens (including phenoxy) is 2. The summed E-state index contributed by atoms with van der Waals surface area (Å²) >= 11 is 0. The van der Waals surface area contributed by atoms with Gasteiger partial charge in [0.05, 0.1) is 26.4 Å². The molecule has 0 aromatic heterocycles. The predicted molar refractivity (Wildman–Crippen MR) is 116 cm³/mol. The maximum atomic E-state index is 5.65. The van der Waals surface area contributed by atoms with Crippen LogP contribution in [0, 0.1) is 5.92 Å². The summed E-state index contributed by atoms with van der Waals surface area (Å²) in [6.45, 7) is 18.6. The maximum Gasteiger partial charge on any atom is 0.191 e. The molecule has 0 aromatic carbocycles. The van der Waals surface area contributed by atoms with Crippen molar-refractivity contribution in [2.75, 3.05) is 59.2 Å². The van der Waals surface area contributed by atoms with Crippen molar-refractivity contribution < 1.29 is 9.47 Å². The minimum atomic E-state index is 0. The third-order valence-electron chi connectivity index (χ3n) is 4.21. The van der Waals surface area contributed by atoms with Crippen LogP contribution in [0.15, 0.2) is 4.99 Å². The Morgan fingerprint density at radius 3 is 2.48 bits per heavy atom. The van der Waals surface area contributed by atoms with Crippen LogP contribution >= 0.6 is 24.0 Å². The van der Waals surface area contributed by atoms with Gasteiger partial charge in [-0.2, -0.15) is 0 Å². The number of hydrogen-bond donors (Lipinski definition) is 2. The molecule has 0 bridgehead atoms. The molecule has 1 aliphatic rings. The number of nitrogens with one attached hydrogen (secondary N) is 2. The Hall–Kier alpha value is -0.120. The van der Waals surface area contributed by atoms with Gasteiger partial charge in [-0.05, 0) is 33.1 Å². The number of hydrogen-bond acceptors (Lipinski definition) is 4. The van der Waals surface area contributed by atoms with Crippen LogP contribution < -0.4 is 10.6 Å². The molecule has 0 radical (unpaired) electrons. The summed E-state index contributed by atoms with van der Waals surface area (Å²) in [5.74, 6) is 1.56. The van der Waals surface area contributed by atoms with Crippen LogP contribution in [0.3, 0.4) is 0 Å². The lowest BCUT2D eigenvalue weighted by atomic mass is 10.0. The number of nitrogens with zero attached hydrogens (tertiary/aromatic N) is 2. The molecular formula is C18H39IN4O2. The van der Waals surface area contributed by atoms with Crippen LogP contribution in [-0.2, 0) is 9.47 Å². The average molecular weight is 470 g/mol. The quantitative estimate of drug-likeness (QED) is 0.222. The molecule has 0 aromatic rings. The van der Waals surface area contributed by atoms with E-state index in [1.165, 1.54) is 0 Å². The van der Waals surface area contributed by atoms with Gasteiger partial charge in [-0.25, -0.2) is 0 Å². The summed E-state index contributed by atoms with van der Waals surface area (Å²) in [6, 6.07) is 0. The fourth-order valence-electron chi connectivity index (χ4n) is 2.55. The summed E-state index contributed by atoms with van der Waals surface area (Å²) in [6.07, 6.45) is 1.11. The number of rotatable bonds is 10. The van der Waals surface area contributed by atoms with E-state index in [4.69, 9.17) is 14.5 Å². The molecule has 6 nitrogen and oxygen atoms in total. The molecule has 2 N–H and O–H groups in total. The second kappa shape index (κ2) is 14.0. The van der Waals surface area contributed by atoms with Crippen molar-refractivity contribution in [3.8, 4) is 0 Å². The molecule has 1 saturated heterocycles. The number of halogens is 1. The van der Waals surface area contributed by atoms with E-state index in [1.807, 2.05) is 0 Å². The van der Waals surface area contributed by atoms with E-state index < -0.39 is 0 Å². The van der Waals surface area contributed by atoms with E-state index in [1.54, 1.807) is 0 Å². The van der Waals surface area contributed by atoms with Crippen molar-refractivity contribution in [1.29, 1.82) is 0 Å². The lowest BCUT2D eigenvalue weighted by molar-refractivity contribution is -0.00684. The molecule has 0 aliphatic carbocycles. The second-order valence-corrected chi connectivity index (χ2v) is 7.33. The fraction of sp³-hybridized carbons (Fsp3) is 0.944. The van der Waals surface area contributed by atoms with Crippen LogP contribution in [0.25, 0.3) is 0 Å². The van der Waals surface area contributed by atoms with Crippen molar-refractivity contribution in [3.63, 3.8) is 0 Å². The van der Waals surface area contributed by atoms with Crippen LogP contribution in [0.1, 0.15) is 41.0 Å². The van der Waals surface area contributed by atoms with Gasteiger partial charge in [0.25, 0.3) is 0 Å². The van der Waals surface area contributed by atoms with Crippen LogP contribution in [-0.4, -0.2) is 75.5 Å². The smallest absolute Gasteiger partial charge is 0.191 e. The lowest BCUT2D eigenvalue weighted by Gasteiger charge is -2.39. The molecule has 0 spiro atoms. The van der Waals surface area contributed by atoms with E-state index in [0.29, 0.717) is 12.5 Å². The van der Waals surface area contributed by atoms with Crippen LogP contribution in [0.4, 0.5) is 0 Å². The Morgan fingerprint density at radius 2 is 1.88 bits per heavy atom. The van der Waals surface area contributed by atoms with Crippen LogP contribution in [0.5, 0.6) is 0 Å². The molecule has 0 saturated carbocycles. The highest BCUT2D eigenvalue weighted by Crippen LogP contribution is 2.16. The van der Waals surface area contributed by atoms with E-state index in [9.17, 15) is 0 Å². The summed E-state index contributed by atoms with van der Waals surface area (Å²) in [5, 5.41) is 6.66. The molecule has 1 rings (SSSR count). The first kappa shape index (κ1) is 24.9. The minimum Gasteiger partial charge on any atom is -0.380 e. The number of morpholine rings is 1. The highest BCUT2D eigenvalue weighted by Gasteiger charge is 2.27. The first-order chi connectivity index (χ1) is 11.5. The van der Waals surface area contributed by atoms with Gasteiger partial charge < -0.3 is 20.1 Å². The van der Waals surface area contributed by atoms with Gasteiger partial charge in [0, 0.05) is 38.3 Å². The Morgan fingerprint density at radius 1 is 1.20 bits per heavy atom. The Bertz CT molecular complexity index is 359. The lowest BCUT2D eigenvalue weighted by Crippen LogP contribution is -2.52. The largest absolute Gasteiger partial charge is 0.380 e. The first-order valence-corrected chi connectivity index (χ1v) is 9.38. The third-order valence-corrected chi connectivity index (χ3v) is 4.21. The van der Waals surface area contributed by atoms with Crippen molar-refractivity contribution in [1.82, 2.24) is 15.5 Å². The Balaban J connectivity index is 0.00000576. The van der Waals surface area contributed by atoms with Crippen LogP contribution in [0.2, 0.25) is 0 Å². The van der Waals surface area contributed by atoms with Gasteiger partial charge in [0.1, 0.15) is 0 Å². The standard InChI is InChI=1S/C18H38N4O2.HI/c1-6-19-17(20-8-12-23-11-7-16(2)3)21-15-18(4,5)22-9-13-24-14-10-22;/h16H,6-15H2,1-5H3,(H2,19,20,21);1H. The predicted octanol–water partition coefficient (Wildman–Crippen LogP) is 2.33. The Labute approximate surface area is 171 Å². The van der Waals surface area contributed by atoms with Gasteiger partial charge in [-0.1, -0.05) is 13.8 Å². The van der Waals surface area contributed by atoms with E-state index in [-0.39, 0.29) is 29.5 Å². The van der Waals surface area contributed by atoms with Gasteiger partial charge in [-0.3, -0.25) is 9.89 Å². The Kier molecular flexibility index (Phi) is 13.9. The molecule has 0 amide bonds. The van der Waals surface area contributed by atoms with Gasteiger partial charge in [-0.15, -0.1) is 24.0 Å². The van der Waals surface area contributed by atoms with Crippen molar-refractivity contribution >= 4 is 29.9 Å². The average Bonchev–Trinajstić information content (AvgIpc) is 2.56. The second-order valence-electron chi connectivity index (χ2n) is 7.33. The zero-order valence-electron chi connectivity index (χ0n) is 16.8. The third kappa shape index (κ3) is 11.2. The van der Waals surface area contributed by atoms with E-state index in [0.717, 1.165) is 64.9 Å². The molecular weight excluding hydrogens is 431 g/mol. The molecule has 1 aliphatic heterocycles. The van der Waals surface area contributed by atoms with Gasteiger partial charge in [0.15, 0.2) is 5.96 Å². The monoisotopic (exact) mass is 470 g/mol. The SMILES string of the molecule is CCNC(=NCC(C)(C)N1CCOCC1)NCCOCCC(C)C.I. The molecule has 0 unspecified atom stereocenters. The first-order valence-electron chi connectivity index (χ1n) is 9.38. The van der Waals surface area contributed by atoms with E-state index >= 15 is 0 Å². The maximum absolute atomic E-state index is 5.65.